The van der Waals surface area contributed by atoms with Gasteiger partial charge >= 0.3 is 5.97 Å². The molecule has 1 atom stereocenters. The molecule has 0 rings (SSSR count). The van der Waals surface area contributed by atoms with Crippen molar-refractivity contribution in [2.24, 2.45) is 11.3 Å². The lowest BCUT2D eigenvalue weighted by Crippen LogP contribution is -2.05. The molecule has 1 unspecified atom stereocenters. The molecule has 0 bridgehead atoms. The molecular formula is C18H28O2. The van der Waals surface area contributed by atoms with Crippen LogP contribution in [0.5, 0.6) is 0 Å². The highest BCUT2D eigenvalue weighted by atomic mass is 16.5. The highest BCUT2D eigenvalue weighted by Crippen LogP contribution is 2.24. The van der Waals surface area contributed by atoms with Crippen molar-refractivity contribution in [1.82, 2.24) is 0 Å². The lowest BCUT2D eigenvalue weighted by Gasteiger charge is -2.18. The average molecular weight is 276 g/mol. The van der Waals surface area contributed by atoms with E-state index in [0.717, 1.165) is 6.42 Å². The van der Waals surface area contributed by atoms with Gasteiger partial charge in [-0.15, -0.1) is 6.42 Å². The average Bonchev–Trinajstić information content (AvgIpc) is 2.34. The molecular weight excluding hydrogens is 248 g/mol. The molecule has 0 aromatic rings. The fraction of sp³-hybridized carbons (Fsp3) is 0.611. The largest absolute Gasteiger partial charge is 0.449 e. The van der Waals surface area contributed by atoms with Gasteiger partial charge in [-0.25, -0.2) is 4.79 Å². The summed E-state index contributed by atoms with van der Waals surface area (Å²) in [6.45, 7) is 9.13. The Morgan fingerprint density at radius 3 is 2.65 bits per heavy atom. The van der Waals surface area contributed by atoms with Gasteiger partial charge in [-0.05, 0) is 24.2 Å². The van der Waals surface area contributed by atoms with Crippen molar-refractivity contribution in [3.8, 4) is 12.3 Å². The molecule has 0 amide bonds. The normalized spacial score (nSPS) is 13.6. The first-order valence-electron chi connectivity index (χ1n) is 7.28. The van der Waals surface area contributed by atoms with Gasteiger partial charge in [-0.1, -0.05) is 64.7 Å². The number of carbonyl (C=O) groups excluding carboxylic acids is 1. The summed E-state index contributed by atoms with van der Waals surface area (Å²) >= 11 is 0. The molecule has 0 N–H and O–H groups in total. The number of hydrogen-bond acceptors (Lipinski definition) is 2. The molecule has 0 aromatic heterocycles. The van der Waals surface area contributed by atoms with Crippen LogP contribution in [0.1, 0.15) is 53.4 Å². The molecule has 0 aliphatic carbocycles. The minimum Gasteiger partial charge on any atom is -0.449 e. The third kappa shape index (κ3) is 13.0. The van der Waals surface area contributed by atoms with Crippen LogP contribution in [0.4, 0.5) is 0 Å². The first-order valence-corrected chi connectivity index (χ1v) is 7.28. The van der Waals surface area contributed by atoms with E-state index in [1.807, 2.05) is 6.08 Å². The van der Waals surface area contributed by atoms with Crippen molar-refractivity contribution in [3.05, 3.63) is 24.3 Å². The Kier molecular flexibility index (Phi) is 9.55. The summed E-state index contributed by atoms with van der Waals surface area (Å²) in [5, 5.41) is 0. The number of carbonyl (C=O) groups is 1. The monoisotopic (exact) mass is 276 g/mol. The van der Waals surface area contributed by atoms with Crippen LogP contribution in [0.3, 0.4) is 0 Å². The van der Waals surface area contributed by atoms with Crippen LogP contribution in [-0.2, 0) is 9.53 Å². The molecule has 0 aliphatic rings. The summed E-state index contributed by atoms with van der Waals surface area (Å²) in [5.74, 6) is 2.53. The Labute approximate surface area is 124 Å². The minimum atomic E-state index is -0.397. The third-order valence-corrected chi connectivity index (χ3v) is 2.94. The number of allylic oxidation sites excluding steroid dienone is 3. The molecule has 0 aromatic carbocycles. The van der Waals surface area contributed by atoms with Crippen LogP contribution < -0.4 is 0 Å². The van der Waals surface area contributed by atoms with Gasteiger partial charge in [0.25, 0.3) is 0 Å². The third-order valence-electron chi connectivity index (χ3n) is 2.94. The van der Waals surface area contributed by atoms with Gasteiger partial charge in [0.1, 0.15) is 0 Å². The SMILES string of the molecule is C#CCOC(=O)C=CC=CCC(C)CCCC(C)(C)C. The van der Waals surface area contributed by atoms with Gasteiger partial charge in [0.2, 0.25) is 0 Å². The van der Waals surface area contributed by atoms with Crippen LogP contribution >= 0.6 is 0 Å². The molecule has 0 radical (unpaired) electrons. The van der Waals surface area contributed by atoms with Crippen molar-refractivity contribution in [1.29, 1.82) is 0 Å². The number of hydrogen-bond donors (Lipinski definition) is 0. The van der Waals surface area contributed by atoms with E-state index in [2.05, 4.69) is 39.7 Å². The van der Waals surface area contributed by atoms with Crippen molar-refractivity contribution in [2.45, 2.75) is 53.4 Å². The predicted molar refractivity (Wildman–Crippen MR) is 85.2 cm³/mol. The van der Waals surface area contributed by atoms with E-state index < -0.39 is 5.97 Å². The van der Waals surface area contributed by atoms with Gasteiger partial charge < -0.3 is 4.74 Å². The van der Waals surface area contributed by atoms with Crippen molar-refractivity contribution in [2.75, 3.05) is 6.61 Å². The zero-order chi connectivity index (χ0) is 15.4. The lowest BCUT2D eigenvalue weighted by atomic mass is 9.87. The summed E-state index contributed by atoms with van der Waals surface area (Å²) < 4.78 is 4.71. The summed E-state index contributed by atoms with van der Waals surface area (Å²) in [6.07, 6.45) is 16.9. The molecule has 2 heteroatoms. The van der Waals surface area contributed by atoms with Crippen molar-refractivity contribution < 1.29 is 9.53 Å². The summed E-state index contributed by atoms with van der Waals surface area (Å²) in [5.41, 5.74) is 0.428. The fourth-order valence-corrected chi connectivity index (χ4v) is 1.78. The second-order valence-electron chi connectivity index (χ2n) is 6.39. The maximum atomic E-state index is 11.1. The van der Waals surface area contributed by atoms with Crippen molar-refractivity contribution in [3.63, 3.8) is 0 Å². The highest BCUT2D eigenvalue weighted by molar-refractivity contribution is 5.82. The standard InChI is InChI=1S/C18H28O2/c1-6-15-20-17(19)13-9-7-8-11-16(2)12-10-14-18(3,4)5/h1,7-9,13,16H,10-12,14-15H2,2-5H3. The predicted octanol–water partition coefficient (Wildman–Crippen LogP) is 4.52. The number of ether oxygens (including phenoxy) is 1. The topological polar surface area (TPSA) is 26.3 Å². The maximum Gasteiger partial charge on any atom is 0.331 e. The summed E-state index contributed by atoms with van der Waals surface area (Å²) in [7, 11) is 0. The van der Waals surface area contributed by atoms with E-state index in [4.69, 9.17) is 11.2 Å². The Balaban J connectivity index is 3.76. The Hall–Kier alpha value is -1.49. The molecule has 0 aliphatic heterocycles. The Morgan fingerprint density at radius 1 is 1.35 bits per heavy atom. The van der Waals surface area contributed by atoms with Crippen LogP contribution in [0.15, 0.2) is 24.3 Å². The van der Waals surface area contributed by atoms with E-state index in [-0.39, 0.29) is 6.61 Å². The molecule has 0 saturated heterocycles. The van der Waals surface area contributed by atoms with Gasteiger partial charge in [0.05, 0.1) is 0 Å². The number of rotatable bonds is 8. The van der Waals surface area contributed by atoms with Gasteiger partial charge in [-0.3, -0.25) is 0 Å². The first kappa shape index (κ1) is 18.5. The van der Waals surface area contributed by atoms with Gasteiger partial charge in [-0.2, -0.15) is 0 Å². The number of terminal acetylenes is 1. The number of esters is 1. The second-order valence-corrected chi connectivity index (χ2v) is 6.39. The van der Waals surface area contributed by atoms with E-state index in [1.165, 1.54) is 25.3 Å². The minimum absolute atomic E-state index is 0.0255. The van der Waals surface area contributed by atoms with E-state index >= 15 is 0 Å². The summed E-state index contributed by atoms with van der Waals surface area (Å²) in [6, 6.07) is 0. The van der Waals surface area contributed by atoms with Crippen molar-refractivity contribution >= 4 is 5.97 Å². The molecule has 0 fully saturated rings. The quantitative estimate of drug-likeness (QED) is 0.282. The zero-order valence-corrected chi connectivity index (χ0v) is 13.3. The van der Waals surface area contributed by atoms with Crippen LogP contribution in [0, 0.1) is 23.7 Å². The smallest absolute Gasteiger partial charge is 0.331 e. The fourth-order valence-electron chi connectivity index (χ4n) is 1.78. The molecule has 2 nitrogen and oxygen atoms in total. The van der Waals surface area contributed by atoms with Crippen LogP contribution in [-0.4, -0.2) is 12.6 Å². The second kappa shape index (κ2) is 10.3. The van der Waals surface area contributed by atoms with Crippen LogP contribution in [0.2, 0.25) is 0 Å². The Bertz CT molecular complexity index is 364. The molecule has 112 valence electrons. The molecule has 20 heavy (non-hydrogen) atoms. The van der Waals surface area contributed by atoms with Gasteiger partial charge in [0.15, 0.2) is 6.61 Å². The molecule has 0 heterocycles. The molecule has 0 spiro atoms. The van der Waals surface area contributed by atoms with E-state index in [9.17, 15) is 4.79 Å². The van der Waals surface area contributed by atoms with E-state index in [1.54, 1.807) is 6.08 Å². The lowest BCUT2D eigenvalue weighted by molar-refractivity contribution is -0.136. The first-order chi connectivity index (χ1) is 9.35. The molecule has 0 saturated carbocycles. The summed E-state index contributed by atoms with van der Waals surface area (Å²) in [4.78, 5) is 11.1. The zero-order valence-electron chi connectivity index (χ0n) is 13.3. The maximum absolute atomic E-state index is 11.1. The van der Waals surface area contributed by atoms with Gasteiger partial charge in [0, 0.05) is 6.08 Å². The Morgan fingerprint density at radius 2 is 2.05 bits per heavy atom. The van der Waals surface area contributed by atoms with E-state index in [0.29, 0.717) is 11.3 Å². The highest BCUT2D eigenvalue weighted by Gasteiger charge is 2.10. The van der Waals surface area contributed by atoms with Crippen LogP contribution in [0.25, 0.3) is 0 Å².